The molecule has 0 bridgehead atoms. The predicted octanol–water partition coefficient (Wildman–Crippen LogP) is 2.54. The quantitative estimate of drug-likeness (QED) is 0.879. The van der Waals surface area contributed by atoms with Gasteiger partial charge in [-0.15, -0.1) is 0 Å². The fourth-order valence-corrected chi connectivity index (χ4v) is 2.76. The fraction of sp³-hybridized carbons (Fsp3) is 0.312. The number of aromatic nitrogens is 2. The fourth-order valence-electron chi connectivity index (χ4n) is 2.64. The molecule has 0 radical (unpaired) electrons. The van der Waals surface area contributed by atoms with E-state index in [-0.39, 0.29) is 11.1 Å². The molecule has 1 aromatic heterocycles. The first-order valence-electron chi connectivity index (χ1n) is 6.99. The lowest BCUT2D eigenvalue weighted by Gasteiger charge is -2.17. The molecule has 0 saturated heterocycles. The van der Waals surface area contributed by atoms with Crippen LogP contribution >= 0.6 is 11.6 Å². The molecule has 0 aliphatic heterocycles. The largest absolute Gasteiger partial charge is 0.503 e. The Morgan fingerprint density at radius 3 is 2.55 bits per heavy atom. The molecule has 0 atom stereocenters. The number of benzene rings is 1. The zero-order chi connectivity index (χ0) is 15.9. The minimum absolute atomic E-state index is 0.0762. The molecule has 3 rings (SSSR count). The van der Waals surface area contributed by atoms with Crippen LogP contribution in [0.3, 0.4) is 0 Å². The third-order valence-electron chi connectivity index (χ3n) is 4.06. The standard InChI is InChI=1S/C16H15ClN2O3/c1-10(20)14-15(22)13(21)8-19(18-14)9-16(6-7-16)11-2-4-12(17)5-3-11/h2-5,8,21H,6-7,9H2,1H3. The molecule has 2 aromatic rings. The van der Waals surface area contributed by atoms with Crippen LogP contribution in [-0.4, -0.2) is 20.7 Å². The van der Waals surface area contributed by atoms with Crippen molar-refractivity contribution in [2.45, 2.75) is 31.7 Å². The molecule has 0 amide bonds. The lowest BCUT2D eigenvalue weighted by Crippen LogP contribution is -2.24. The Morgan fingerprint density at radius 1 is 1.36 bits per heavy atom. The van der Waals surface area contributed by atoms with Gasteiger partial charge < -0.3 is 5.11 Å². The average molecular weight is 319 g/mol. The van der Waals surface area contributed by atoms with Gasteiger partial charge in [0.05, 0.1) is 12.7 Å². The molecule has 1 aromatic carbocycles. The van der Waals surface area contributed by atoms with Crippen molar-refractivity contribution < 1.29 is 9.90 Å². The number of ketones is 1. The van der Waals surface area contributed by atoms with Crippen LogP contribution in [0.1, 0.15) is 35.8 Å². The number of carbonyl (C=O) groups excluding carboxylic acids is 1. The van der Waals surface area contributed by atoms with Crippen molar-refractivity contribution in [3.63, 3.8) is 0 Å². The Hall–Kier alpha value is -2.14. The number of nitrogens with zero attached hydrogens (tertiary/aromatic N) is 2. The van der Waals surface area contributed by atoms with E-state index in [0.717, 1.165) is 18.4 Å². The van der Waals surface area contributed by atoms with Crippen molar-refractivity contribution in [3.8, 4) is 5.75 Å². The lowest BCUT2D eigenvalue weighted by atomic mass is 9.96. The molecule has 1 fully saturated rings. The summed E-state index contributed by atoms with van der Waals surface area (Å²) >= 11 is 5.91. The van der Waals surface area contributed by atoms with Gasteiger partial charge in [-0.2, -0.15) is 5.10 Å². The summed E-state index contributed by atoms with van der Waals surface area (Å²) in [6, 6.07) is 7.63. The van der Waals surface area contributed by atoms with Crippen LogP contribution in [0.4, 0.5) is 0 Å². The number of aromatic hydroxyl groups is 1. The summed E-state index contributed by atoms with van der Waals surface area (Å²) in [5.74, 6) is -0.905. The van der Waals surface area contributed by atoms with E-state index in [4.69, 9.17) is 11.6 Å². The van der Waals surface area contributed by atoms with Crippen LogP contribution in [0.2, 0.25) is 5.02 Å². The van der Waals surface area contributed by atoms with Gasteiger partial charge in [0.25, 0.3) is 5.43 Å². The van der Waals surface area contributed by atoms with Gasteiger partial charge in [-0.25, -0.2) is 0 Å². The topological polar surface area (TPSA) is 72.2 Å². The van der Waals surface area contributed by atoms with E-state index in [1.165, 1.54) is 17.8 Å². The molecular weight excluding hydrogens is 304 g/mol. The van der Waals surface area contributed by atoms with Gasteiger partial charge in [-0.05, 0) is 30.5 Å². The minimum atomic E-state index is -0.722. The van der Waals surface area contributed by atoms with E-state index in [1.54, 1.807) is 0 Å². The maximum atomic E-state index is 11.7. The molecule has 1 N–H and O–H groups in total. The number of rotatable bonds is 4. The van der Waals surface area contributed by atoms with Gasteiger partial charge in [0.2, 0.25) is 0 Å². The molecule has 1 aliphatic rings. The first-order chi connectivity index (χ1) is 10.4. The van der Waals surface area contributed by atoms with Crippen molar-refractivity contribution >= 4 is 17.4 Å². The molecule has 114 valence electrons. The van der Waals surface area contributed by atoms with E-state index < -0.39 is 17.0 Å². The maximum absolute atomic E-state index is 11.7. The Bertz CT molecular complexity index is 792. The summed E-state index contributed by atoms with van der Waals surface area (Å²) in [4.78, 5) is 23.1. The summed E-state index contributed by atoms with van der Waals surface area (Å²) in [5.41, 5.74) is 0.112. The van der Waals surface area contributed by atoms with Crippen molar-refractivity contribution in [1.29, 1.82) is 0 Å². The number of halogens is 1. The van der Waals surface area contributed by atoms with E-state index >= 15 is 0 Å². The van der Waals surface area contributed by atoms with E-state index in [0.29, 0.717) is 11.6 Å². The van der Waals surface area contributed by atoms with Gasteiger partial charge in [0.15, 0.2) is 17.2 Å². The smallest absolute Gasteiger partial charge is 0.252 e. The maximum Gasteiger partial charge on any atom is 0.252 e. The van der Waals surface area contributed by atoms with Crippen LogP contribution in [-0.2, 0) is 12.0 Å². The minimum Gasteiger partial charge on any atom is -0.503 e. The van der Waals surface area contributed by atoms with Crippen LogP contribution in [0.15, 0.2) is 35.3 Å². The van der Waals surface area contributed by atoms with Gasteiger partial charge in [-0.3, -0.25) is 14.3 Å². The van der Waals surface area contributed by atoms with Gasteiger partial charge in [0.1, 0.15) is 0 Å². The summed E-state index contributed by atoms with van der Waals surface area (Å²) in [6.07, 6.45) is 3.25. The van der Waals surface area contributed by atoms with E-state index in [9.17, 15) is 14.7 Å². The van der Waals surface area contributed by atoms with Gasteiger partial charge in [-0.1, -0.05) is 23.7 Å². The Morgan fingerprint density at radius 2 is 2.00 bits per heavy atom. The number of hydrogen-bond donors (Lipinski definition) is 1. The third-order valence-corrected chi connectivity index (χ3v) is 4.31. The second-order valence-corrected chi connectivity index (χ2v) is 6.17. The summed E-state index contributed by atoms with van der Waals surface area (Å²) in [7, 11) is 0. The summed E-state index contributed by atoms with van der Waals surface area (Å²) in [5, 5.41) is 14.5. The van der Waals surface area contributed by atoms with Crippen molar-refractivity contribution in [1.82, 2.24) is 9.78 Å². The van der Waals surface area contributed by atoms with E-state index in [1.807, 2.05) is 24.3 Å². The van der Waals surface area contributed by atoms with Crippen LogP contribution in [0, 0.1) is 0 Å². The molecular formula is C16H15ClN2O3. The molecule has 1 aliphatic carbocycles. The Labute approximate surface area is 132 Å². The number of carbonyl (C=O) groups is 1. The Balaban J connectivity index is 1.95. The highest BCUT2D eigenvalue weighted by Gasteiger charge is 2.44. The first-order valence-corrected chi connectivity index (χ1v) is 7.37. The molecule has 22 heavy (non-hydrogen) atoms. The van der Waals surface area contributed by atoms with Crippen LogP contribution in [0.5, 0.6) is 5.75 Å². The zero-order valence-corrected chi connectivity index (χ0v) is 12.8. The summed E-state index contributed by atoms with van der Waals surface area (Å²) in [6.45, 7) is 1.77. The van der Waals surface area contributed by atoms with Gasteiger partial charge >= 0.3 is 0 Å². The zero-order valence-electron chi connectivity index (χ0n) is 12.0. The van der Waals surface area contributed by atoms with Crippen LogP contribution < -0.4 is 5.43 Å². The Kier molecular flexibility index (Phi) is 3.53. The monoisotopic (exact) mass is 318 g/mol. The SMILES string of the molecule is CC(=O)c1nn(CC2(c3ccc(Cl)cc3)CC2)cc(O)c1=O. The molecule has 6 heteroatoms. The number of hydrogen-bond acceptors (Lipinski definition) is 4. The molecule has 0 unspecified atom stereocenters. The molecule has 0 spiro atoms. The van der Waals surface area contributed by atoms with Crippen molar-refractivity contribution in [3.05, 3.63) is 57.0 Å². The van der Waals surface area contributed by atoms with Crippen molar-refractivity contribution in [2.75, 3.05) is 0 Å². The first kappa shape index (κ1) is 14.8. The highest BCUT2D eigenvalue weighted by Crippen LogP contribution is 2.49. The number of Topliss-reactive ketones (excluding diaryl/α,β-unsaturated/α-hetero) is 1. The highest BCUT2D eigenvalue weighted by atomic mass is 35.5. The van der Waals surface area contributed by atoms with Crippen LogP contribution in [0.25, 0.3) is 0 Å². The average Bonchev–Trinajstić information content (AvgIpc) is 3.24. The van der Waals surface area contributed by atoms with Gasteiger partial charge in [0, 0.05) is 17.4 Å². The highest BCUT2D eigenvalue weighted by molar-refractivity contribution is 6.30. The van der Waals surface area contributed by atoms with Crippen molar-refractivity contribution in [2.24, 2.45) is 0 Å². The molecule has 1 heterocycles. The molecule has 1 saturated carbocycles. The lowest BCUT2D eigenvalue weighted by molar-refractivity contribution is 0.100. The normalized spacial score (nSPS) is 15.5. The van der Waals surface area contributed by atoms with E-state index in [2.05, 4.69) is 5.10 Å². The predicted molar refractivity (Wildman–Crippen MR) is 82.5 cm³/mol. The summed E-state index contributed by atoms with van der Waals surface area (Å²) < 4.78 is 1.48. The molecule has 5 nitrogen and oxygen atoms in total. The second kappa shape index (κ2) is 5.25. The third kappa shape index (κ3) is 2.64. The second-order valence-electron chi connectivity index (χ2n) is 5.73.